The van der Waals surface area contributed by atoms with Gasteiger partial charge in [-0.1, -0.05) is 13.8 Å². The number of likely N-dealkylation sites (tertiary alicyclic amines) is 1. The lowest BCUT2D eigenvalue weighted by atomic mass is 9.87. The van der Waals surface area contributed by atoms with E-state index in [0.29, 0.717) is 11.8 Å². The Morgan fingerprint density at radius 1 is 1.47 bits per heavy atom. The number of hydrogen-bond acceptors (Lipinski definition) is 3. The largest absolute Gasteiger partial charge is 0.393 e. The quantitative estimate of drug-likeness (QED) is 0.719. The predicted molar refractivity (Wildman–Crippen MR) is 63.7 cm³/mol. The third kappa shape index (κ3) is 4.49. The maximum absolute atomic E-state index is 9.91. The molecular formula is C12H26N2O. The molecule has 0 aromatic heterocycles. The Balaban J connectivity index is 2.34. The van der Waals surface area contributed by atoms with Crippen molar-refractivity contribution in [1.82, 2.24) is 4.90 Å². The monoisotopic (exact) mass is 214 g/mol. The van der Waals surface area contributed by atoms with Crippen LogP contribution in [0.5, 0.6) is 0 Å². The first kappa shape index (κ1) is 12.9. The van der Waals surface area contributed by atoms with Crippen molar-refractivity contribution < 1.29 is 5.11 Å². The van der Waals surface area contributed by atoms with Crippen molar-refractivity contribution in [3.05, 3.63) is 0 Å². The van der Waals surface area contributed by atoms with Gasteiger partial charge in [-0.15, -0.1) is 0 Å². The summed E-state index contributed by atoms with van der Waals surface area (Å²) in [5.41, 5.74) is 5.51. The van der Waals surface area contributed by atoms with Gasteiger partial charge in [-0.25, -0.2) is 0 Å². The standard InChI is InChI=1S/C12H26N2O/c1-10(2)8-11-9-14(6-3-5-13)7-4-12(11)15/h10-12,15H,3-9,13H2,1-2H3/t11-,12+/m1/s1. The fraction of sp³-hybridized carbons (Fsp3) is 1.00. The molecule has 2 atom stereocenters. The molecule has 0 radical (unpaired) electrons. The molecule has 1 fully saturated rings. The molecular weight excluding hydrogens is 188 g/mol. The molecule has 0 unspecified atom stereocenters. The van der Waals surface area contributed by atoms with Crippen molar-refractivity contribution in [2.24, 2.45) is 17.6 Å². The van der Waals surface area contributed by atoms with Gasteiger partial charge >= 0.3 is 0 Å². The zero-order valence-corrected chi connectivity index (χ0v) is 10.2. The Labute approximate surface area is 93.6 Å². The van der Waals surface area contributed by atoms with Gasteiger partial charge in [0.25, 0.3) is 0 Å². The molecule has 0 aliphatic carbocycles. The molecule has 1 aliphatic rings. The van der Waals surface area contributed by atoms with Crippen LogP contribution < -0.4 is 5.73 Å². The maximum atomic E-state index is 9.91. The van der Waals surface area contributed by atoms with E-state index in [4.69, 9.17) is 5.73 Å². The normalized spacial score (nSPS) is 28.6. The second kappa shape index (κ2) is 6.46. The summed E-state index contributed by atoms with van der Waals surface area (Å²) in [7, 11) is 0. The maximum Gasteiger partial charge on any atom is 0.0592 e. The summed E-state index contributed by atoms with van der Waals surface area (Å²) in [5, 5.41) is 9.91. The molecule has 0 amide bonds. The van der Waals surface area contributed by atoms with E-state index < -0.39 is 0 Å². The molecule has 0 saturated carbocycles. The number of nitrogens with zero attached hydrogens (tertiary/aromatic N) is 1. The molecule has 0 aromatic rings. The zero-order chi connectivity index (χ0) is 11.3. The van der Waals surface area contributed by atoms with Crippen LogP contribution >= 0.6 is 0 Å². The van der Waals surface area contributed by atoms with E-state index in [1.165, 1.54) is 0 Å². The number of rotatable bonds is 5. The molecule has 3 nitrogen and oxygen atoms in total. The van der Waals surface area contributed by atoms with Crippen LogP contribution in [0.15, 0.2) is 0 Å². The van der Waals surface area contributed by atoms with Crippen molar-refractivity contribution in [1.29, 1.82) is 0 Å². The van der Waals surface area contributed by atoms with Gasteiger partial charge < -0.3 is 15.7 Å². The molecule has 1 aliphatic heterocycles. The van der Waals surface area contributed by atoms with Crippen molar-refractivity contribution in [3.8, 4) is 0 Å². The summed E-state index contributed by atoms with van der Waals surface area (Å²) >= 11 is 0. The van der Waals surface area contributed by atoms with Crippen LogP contribution in [0.1, 0.15) is 33.1 Å². The van der Waals surface area contributed by atoms with Gasteiger partial charge in [0.05, 0.1) is 6.10 Å². The van der Waals surface area contributed by atoms with Crippen LogP contribution in [0.2, 0.25) is 0 Å². The van der Waals surface area contributed by atoms with E-state index in [9.17, 15) is 5.11 Å². The highest BCUT2D eigenvalue weighted by Gasteiger charge is 2.27. The second-order valence-electron chi connectivity index (χ2n) is 5.19. The number of piperidine rings is 1. The molecule has 1 rings (SSSR count). The topological polar surface area (TPSA) is 49.5 Å². The minimum atomic E-state index is -0.0819. The highest BCUT2D eigenvalue weighted by Crippen LogP contribution is 2.23. The summed E-state index contributed by atoms with van der Waals surface area (Å²) in [6.45, 7) is 8.41. The molecule has 1 saturated heterocycles. The lowest BCUT2D eigenvalue weighted by Gasteiger charge is -2.37. The van der Waals surface area contributed by atoms with E-state index in [0.717, 1.165) is 45.4 Å². The fourth-order valence-corrected chi connectivity index (χ4v) is 2.45. The number of aliphatic hydroxyl groups is 1. The van der Waals surface area contributed by atoms with Crippen LogP contribution in [0.3, 0.4) is 0 Å². The average Bonchev–Trinajstić information content (AvgIpc) is 2.18. The Bertz CT molecular complexity index is 171. The smallest absolute Gasteiger partial charge is 0.0592 e. The van der Waals surface area contributed by atoms with Gasteiger partial charge in [-0.3, -0.25) is 0 Å². The molecule has 0 spiro atoms. The first-order valence-electron chi connectivity index (χ1n) is 6.24. The van der Waals surface area contributed by atoms with Crippen molar-refractivity contribution >= 4 is 0 Å². The summed E-state index contributed by atoms with van der Waals surface area (Å²) in [4.78, 5) is 2.45. The molecule has 0 aromatic carbocycles. The molecule has 3 N–H and O–H groups in total. The van der Waals surface area contributed by atoms with Crippen LogP contribution in [0.4, 0.5) is 0 Å². The first-order chi connectivity index (χ1) is 7.13. The summed E-state index contributed by atoms with van der Waals surface area (Å²) in [6.07, 6.45) is 3.06. The van der Waals surface area contributed by atoms with Crippen molar-refractivity contribution in [2.75, 3.05) is 26.2 Å². The van der Waals surface area contributed by atoms with Gasteiger partial charge in [-0.2, -0.15) is 0 Å². The Morgan fingerprint density at radius 2 is 2.20 bits per heavy atom. The van der Waals surface area contributed by atoms with Crippen LogP contribution in [-0.4, -0.2) is 42.3 Å². The number of aliphatic hydroxyl groups excluding tert-OH is 1. The minimum Gasteiger partial charge on any atom is -0.393 e. The number of hydrogen-bond donors (Lipinski definition) is 2. The average molecular weight is 214 g/mol. The molecule has 90 valence electrons. The van der Waals surface area contributed by atoms with E-state index in [1.807, 2.05) is 0 Å². The SMILES string of the molecule is CC(C)C[C@@H]1CN(CCCN)CC[C@@H]1O. The highest BCUT2D eigenvalue weighted by molar-refractivity contribution is 4.80. The Kier molecular flexibility index (Phi) is 5.58. The van der Waals surface area contributed by atoms with E-state index in [2.05, 4.69) is 18.7 Å². The highest BCUT2D eigenvalue weighted by atomic mass is 16.3. The van der Waals surface area contributed by atoms with Crippen LogP contribution in [-0.2, 0) is 0 Å². The summed E-state index contributed by atoms with van der Waals surface area (Å²) < 4.78 is 0. The lowest BCUT2D eigenvalue weighted by molar-refractivity contribution is 0.0175. The van der Waals surface area contributed by atoms with Crippen molar-refractivity contribution in [3.63, 3.8) is 0 Å². The van der Waals surface area contributed by atoms with Crippen molar-refractivity contribution in [2.45, 2.75) is 39.2 Å². The second-order valence-corrected chi connectivity index (χ2v) is 5.19. The van der Waals surface area contributed by atoms with E-state index in [1.54, 1.807) is 0 Å². The molecule has 1 heterocycles. The van der Waals surface area contributed by atoms with Gasteiger partial charge in [0.15, 0.2) is 0 Å². The number of nitrogens with two attached hydrogens (primary N) is 1. The van der Waals surface area contributed by atoms with Crippen LogP contribution in [0, 0.1) is 11.8 Å². The van der Waals surface area contributed by atoms with Gasteiger partial charge in [-0.05, 0) is 44.2 Å². The summed E-state index contributed by atoms with van der Waals surface area (Å²) in [5.74, 6) is 1.15. The van der Waals surface area contributed by atoms with E-state index >= 15 is 0 Å². The summed E-state index contributed by atoms with van der Waals surface area (Å²) in [6, 6.07) is 0. The van der Waals surface area contributed by atoms with Gasteiger partial charge in [0.1, 0.15) is 0 Å². The first-order valence-corrected chi connectivity index (χ1v) is 6.24. The van der Waals surface area contributed by atoms with Crippen LogP contribution in [0.25, 0.3) is 0 Å². The molecule has 15 heavy (non-hydrogen) atoms. The third-order valence-corrected chi connectivity index (χ3v) is 3.23. The zero-order valence-electron chi connectivity index (χ0n) is 10.2. The minimum absolute atomic E-state index is 0.0819. The van der Waals surface area contributed by atoms with E-state index in [-0.39, 0.29) is 6.10 Å². The Morgan fingerprint density at radius 3 is 2.80 bits per heavy atom. The fourth-order valence-electron chi connectivity index (χ4n) is 2.45. The predicted octanol–water partition coefficient (Wildman–Crippen LogP) is 1.06. The lowest BCUT2D eigenvalue weighted by Crippen LogP contribution is -2.44. The molecule has 0 bridgehead atoms. The van der Waals surface area contributed by atoms with Gasteiger partial charge in [0.2, 0.25) is 0 Å². The molecule has 3 heteroatoms. The Hall–Kier alpha value is -0.120. The third-order valence-electron chi connectivity index (χ3n) is 3.23. The van der Waals surface area contributed by atoms with Gasteiger partial charge in [0, 0.05) is 13.1 Å².